The highest BCUT2D eigenvalue weighted by atomic mass is 31.2. The van der Waals surface area contributed by atoms with Crippen molar-refractivity contribution in [3.8, 4) is 16.9 Å². The van der Waals surface area contributed by atoms with Gasteiger partial charge in [-0.1, -0.05) is 24.3 Å². The average Bonchev–Trinajstić information content (AvgIpc) is 2.28. The van der Waals surface area contributed by atoms with Crippen molar-refractivity contribution in [3.05, 3.63) is 48.5 Å². The molecule has 0 unspecified atom stereocenters. The van der Waals surface area contributed by atoms with Crippen LogP contribution in [-0.2, 0) is 4.57 Å². The van der Waals surface area contributed by atoms with Gasteiger partial charge in [0.1, 0.15) is 5.75 Å². The largest absolute Gasteiger partial charge is 0.508 e. The van der Waals surface area contributed by atoms with E-state index in [9.17, 15) is 9.67 Å². The highest BCUT2D eigenvalue weighted by Gasteiger charge is 2.16. The molecule has 17 heavy (non-hydrogen) atoms. The summed E-state index contributed by atoms with van der Waals surface area (Å²) in [5, 5.41) is 9.32. The molecule has 0 saturated carbocycles. The number of aromatic hydroxyl groups is 1. The summed E-state index contributed by atoms with van der Waals surface area (Å²) in [5.74, 6) is 0.154. The lowest BCUT2D eigenvalue weighted by Crippen LogP contribution is -2.02. The molecule has 0 spiro atoms. The minimum absolute atomic E-state index is 0.0126. The maximum atomic E-state index is 11.0. The molecule has 0 aliphatic rings. The fraction of sp³-hybridized carbons (Fsp3) is 0. The van der Waals surface area contributed by atoms with E-state index in [-0.39, 0.29) is 11.1 Å². The highest BCUT2D eigenvalue weighted by molar-refractivity contribution is 7.60. The number of phenols is 1. The maximum Gasteiger partial charge on any atom is 0.356 e. The van der Waals surface area contributed by atoms with Crippen LogP contribution in [0.1, 0.15) is 0 Å². The van der Waals surface area contributed by atoms with Crippen LogP contribution in [0.15, 0.2) is 48.5 Å². The molecule has 0 atom stereocenters. The van der Waals surface area contributed by atoms with Crippen molar-refractivity contribution in [1.82, 2.24) is 0 Å². The fourth-order valence-electron chi connectivity index (χ4n) is 1.53. The van der Waals surface area contributed by atoms with Crippen LogP contribution in [0.2, 0.25) is 0 Å². The van der Waals surface area contributed by atoms with Gasteiger partial charge in [-0.2, -0.15) is 0 Å². The van der Waals surface area contributed by atoms with Gasteiger partial charge in [-0.3, -0.25) is 4.57 Å². The lowest BCUT2D eigenvalue weighted by atomic mass is 10.1. The van der Waals surface area contributed by atoms with Gasteiger partial charge in [0, 0.05) is 0 Å². The standard InChI is InChI=1S/C12H11O4P/c13-11-3-1-2-10(8-11)9-4-6-12(7-5-9)17(14,15)16/h1-8,13H,(H2,14,15,16). The summed E-state index contributed by atoms with van der Waals surface area (Å²) in [6.07, 6.45) is 0. The SMILES string of the molecule is O=P(O)(O)c1ccc(-c2cccc(O)c2)cc1. The molecule has 0 fully saturated rings. The summed E-state index contributed by atoms with van der Waals surface area (Å²) in [5.41, 5.74) is 1.58. The van der Waals surface area contributed by atoms with Gasteiger partial charge in [0.15, 0.2) is 0 Å². The number of benzene rings is 2. The van der Waals surface area contributed by atoms with Crippen LogP contribution in [0.5, 0.6) is 5.75 Å². The molecule has 4 nitrogen and oxygen atoms in total. The van der Waals surface area contributed by atoms with Gasteiger partial charge in [-0.05, 0) is 35.4 Å². The summed E-state index contributed by atoms with van der Waals surface area (Å²) in [6, 6.07) is 12.7. The van der Waals surface area contributed by atoms with Crippen LogP contribution in [-0.4, -0.2) is 14.9 Å². The fourth-order valence-corrected chi connectivity index (χ4v) is 2.07. The van der Waals surface area contributed by atoms with E-state index < -0.39 is 7.60 Å². The molecule has 0 bridgehead atoms. The van der Waals surface area contributed by atoms with Gasteiger partial charge in [-0.25, -0.2) is 0 Å². The molecule has 0 amide bonds. The first kappa shape index (κ1) is 11.9. The van der Waals surface area contributed by atoms with E-state index in [0.717, 1.165) is 11.1 Å². The third kappa shape index (κ3) is 2.74. The molecule has 0 saturated heterocycles. The van der Waals surface area contributed by atoms with E-state index in [1.165, 1.54) is 12.1 Å². The molecule has 2 rings (SSSR count). The molecule has 0 aromatic heterocycles. The van der Waals surface area contributed by atoms with Crippen molar-refractivity contribution >= 4 is 12.9 Å². The number of hydrogen-bond acceptors (Lipinski definition) is 2. The molecule has 5 heteroatoms. The summed E-state index contributed by atoms with van der Waals surface area (Å²) < 4.78 is 11.0. The second-order valence-electron chi connectivity index (χ2n) is 3.64. The number of phenolic OH excluding ortho intramolecular Hbond substituents is 1. The van der Waals surface area contributed by atoms with Crippen molar-refractivity contribution in [1.29, 1.82) is 0 Å². The Labute approximate surface area is 98.3 Å². The van der Waals surface area contributed by atoms with Crippen molar-refractivity contribution < 1.29 is 19.5 Å². The lowest BCUT2D eigenvalue weighted by Gasteiger charge is -2.06. The van der Waals surface area contributed by atoms with Gasteiger partial charge in [0.25, 0.3) is 0 Å². The zero-order valence-corrected chi connectivity index (χ0v) is 9.71. The Kier molecular flexibility index (Phi) is 3.03. The van der Waals surface area contributed by atoms with E-state index in [1.807, 2.05) is 6.07 Å². The van der Waals surface area contributed by atoms with Crippen molar-refractivity contribution in [2.75, 3.05) is 0 Å². The number of rotatable bonds is 2. The second kappa shape index (κ2) is 4.34. The Balaban J connectivity index is 2.39. The summed E-state index contributed by atoms with van der Waals surface area (Å²) >= 11 is 0. The molecule has 2 aromatic rings. The van der Waals surface area contributed by atoms with E-state index in [1.54, 1.807) is 30.3 Å². The molecule has 0 heterocycles. The Morgan fingerprint density at radius 3 is 2.06 bits per heavy atom. The van der Waals surface area contributed by atoms with Crippen LogP contribution < -0.4 is 5.30 Å². The van der Waals surface area contributed by atoms with Crippen LogP contribution >= 0.6 is 7.60 Å². The van der Waals surface area contributed by atoms with Crippen molar-refractivity contribution in [3.63, 3.8) is 0 Å². The first-order valence-corrected chi connectivity index (χ1v) is 6.53. The summed E-state index contributed by atoms with van der Waals surface area (Å²) in [4.78, 5) is 17.9. The van der Waals surface area contributed by atoms with E-state index in [0.29, 0.717) is 0 Å². The molecule has 2 aromatic carbocycles. The van der Waals surface area contributed by atoms with Crippen LogP contribution in [0, 0.1) is 0 Å². The Morgan fingerprint density at radius 1 is 0.882 bits per heavy atom. The van der Waals surface area contributed by atoms with Gasteiger partial charge in [-0.15, -0.1) is 0 Å². The summed E-state index contributed by atoms with van der Waals surface area (Å²) in [7, 11) is -4.19. The zero-order chi connectivity index (χ0) is 12.5. The van der Waals surface area contributed by atoms with E-state index in [2.05, 4.69) is 0 Å². The second-order valence-corrected chi connectivity index (χ2v) is 5.25. The topological polar surface area (TPSA) is 77.8 Å². The molecular formula is C12H11O4P. The third-order valence-electron chi connectivity index (χ3n) is 2.38. The first-order chi connectivity index (χ1) is 7.97. The van der Waals surface area contributed by atoms with Gasteiger partial charge in [0.2, 0.25) is 0 Å². The summed E-state index contributed by atoms with van der Waals surface area (Å²) in [6.45, 7) is 0. The van der Waals surface area contributed by atoms with E-state index >= 15 is 0 Å². The average molecular weight is 250 g/mol. The maximum absolute atomic E-state index is 11.0. The van der Waals surface area contributed by atoms with Crippen molar-refractivity contribution in [2.45, 2.75) is 0 Å². The molecule has 0 aliphatic carbocycles. The predicted octanol–water partition coefficient (Wildman–Crippen LogP) is 1.86. The zero-order valence-electron chi connectivity index (χ0n) is 8.82. The Bertz CT molecular complexity index is 571. The van der Waals surface area contributed by atoms with Crippen molar-refractivity contribution in [2.24, 2.45) is 0 Å². The van der Waals surface area contributed by atoms with Crippen LogP contribution in [0.25, 0.3) is 11.1 Å². The van der Waals surface area contributed by atoms with Gasteiger partial charge >= 0.3 is 7.60 Å². The van der Waals surface area contributed by atoms with Gasteiger partial charge < -0.3 is 14.9 Å². The first-order valence-electron chi connectivity index (χ1n) is 4.92. The van der Waals surface area contributed by atoms with E-state index in [4.69, 9.17) is 9.79 Å². The minimum atomic E-state index is -4.19. The Hall–Kier alpha value is -1.61. The minimum Gasteiger partial charge on any atom is -0.508 e. The predicted molar refractivity (Wildman–Crippen MR) is 65.2 cm³/mol. The molecular weight excluding hydrogens is 239 g/mol. The lowest BCUT2D eigenvalue weighted by molar-refractivity contribution is 0.387. The monoisotopic (exact) mass is 250 g/mol. The van der Waals surface area contributed by atoms with Crippen LogP contribution in [0.4, 0.5) is 0 Å². The molecule has 0 radical (unpaired) electrons. The molecule has 3 N–H and O–H groups in total. The quantitative estimate of drug-likeness (QED) is 0.711. The normalized spacial score (nSPS) is 11.4. The Morgan fingerprint density at radius 2 is 1.53 bits per heavy atom. The molecule has 0 aliphatic heterocycles. The number of hydrogen-bond donors (Lipinski definition) is 3. The molecule has 88 valence electrons. The highest BCUT2D eigenvalue weighted by Crippen LogP contribution is 2.33. The third-order valence-corrected chi connectivity index (χ3v) is 3.35. The smallest absolute Gasteiger partial charge is 0.356 e. The van der Waals surface area contributed by atoms with Gasteiger partial charge in [0.05, 0.1) is 5.30 Å². The van der Waals surface area contributed by atoms with Crippen LogP contribution in [0.3, 0.4) is 0 Å².